The summed E-state index contributed by atoms with van der Waals surface area (Å²) in [6, 6.07) is 14.5. The number of hydrogen-bond donors (Lipinski definition) is 0. The molecule has 0 aliphatic carbocycles. The molecule has 108 valence electrons. The summed E-state index contributed by atoms with van der Waals surface area (Å²) >= 11 is 0. The predicted octanol–water partition coefficient (Wildman–Crippen LogP) is 3.74. The molecular weight excluding hydrogens is 265 g/mol. The number of carbonyl (C=O) groups is 1. The molecule has 0 unspecified atom stereocenters. The van der Waals surface area contributed by atoms with E-state index >= 15 is 0 Å². The molecule has 2 aromatic carbocycles. The van der Waals surface area contributed by atoms with E-state index in [1.165, 1.54) is 17.7 Å². The monoisotopic (exact) mass is 283 g/mol. The molecule has 3 heteroatoms. The van der Waals surface area contributed by atoms with Crippen LogP contribution in [-0.2, 0) is 17.6 Å². The van der Waals surface area contributed by atoms with Crippen LogP contribution in [0.2, 0.25) is 0 Å². The summed E-state index contributed by atoms with van der Waals surface area (Å²) in [5, 5.41) is 0. The fourth-order valence-electron chi connectivity index (χ4n) is 2.87. The number of para-hydroxylation sites is 1. The molecule has 0 saturated carbocycles. The summed E-state index contributed by atoms with van der Waals surface area (Å²) in [5.74, 6) is -0.130. The Morgan fingerprint density at radius 2 is 2.00 bits per heavy atom. The summed E-state index contributed by atoms with van der Waals surface area (Å²) in [4.78, 5) is 14.3. The lowest BCUT2D eigenvalue weighted by Crippen LogP contribution is -2.35. The number of amides is 1. The zero-order chi connectivity index (χ0) is 14.7. The van der Waals surface area contributed by atoms with Gasteiger partial charge in [-0.2, -0.15) is 0 Å². The van der Waals surface area contributed by atoms with E-state index in [0.717, 1.165) is 30.6 Å². The average Bonchev–Trinajstić information content (AvgIpc) is 2.52. The number of benzene rings is 2. The maximum Gasteiger partial charge on any atom is 0.227 e. The molecule has 0 fully saturated rings. The van der Waals surface area contributed by atoms with Gasteiger partial charge in [0.25, 0.3) is 0 Å². The highest BCUT2D eigenvalue weighted by Crippen LogP contribution is 2.27. The number of aryl methyl sites for hydroxylation is 2. The number of carbonyl (C=O) groups excluding carboxylic acids is 1. The van der Waals surface area contributed by atoms with Crippen molar-refractivity contribution in [2.75, 3.05) is 11.4 Å². The van der Waals surface area contributed by atoms with Gasteiger partial charge in [-0.3, -0.25) is 4.79 Å². The molecule has 0 radical (unpaired) electrons. The first-order valence-corrected chi connectivity index (χ1v) is 7.37. The first-order valence-electron chi connectivity index (χ1n) is 7.37. The molecule has 2 nitrogen and oxygen atoms in total. The van der Waals surface area contributed by atoms with Crippen molar-refractivity contribution in [1.82, 2.24) is 0 Å². The summed E-state index contributed by atoms with van der Waals surface area (Å²) in [6.45, 7) is 0.777. The van der Waals surface area contributed by atoms with Crippen molar-refractivity contribution in [2.24, 2.45) is 0 Å². The van der Waals surface area contributed by atoms with E-state index in [9.17, 15) is 9.18 Å². The van der Waals surface area contributed by atoms with E-state index in [0.29, 0.717) is 12.8 Å². The van der Waals surface area contributed by atoms with E-state index in [1.54, 1.807) is 6.07 Å². The number of nitrogens with zero attached hydrogens (tertiary/aromatic N) is 1. The minimum atomic E-state index is -0.247. The molecule has 0 aromatic heterocycles. The molecule has 21 heavy (non-hydrogen) atoms. The highest BCUT2D eigenvalue weighted by atomic mass is 19.1. The van der Waals surface area contributed by atoms with Gasteiger partial charge in [-0.25, -0.2) is 4.39 Å². The average molecular weight is 283 g/mol. The summed E-state index contributed by atoms with van der Waals surface area (Å²) in [7, 11) is 0. The lowest BCUT2D eigenvalue weighted by Gasteiger charge is -2.29. The molecule has 0 bridgehead atoms. The van der Waals surface area contributed by atoms with Crippen LogP contribution >= 0.6 is 0 Å². The summed E-state index contributed by atoms with van der Waals surface area (Å²) in [6.07, 6.45) is 3.03. The van der Waals surface area contributed by atoms with Crippen LogP contribution in [0.3, 0.4) is 0 Å². The van der Waals surface area contributed by atoms with Gasteiger partial charge in [-0.05, 0) is 48.6 Å². The third-order valence-electron chi connectivity index (χ3n) is 3.93. The van der Waals surface area contributed by atoms with Gasteiger partial charge < -0.3 is 4.90 Å². The fraction of sp³-hybridized carbons (Fsp3) is 0.278. The van der Waals surface area contributed by atoms with Crippen molar-refractivity contribution in [2.45, 2.75) is 25.7 Å². The zero-order valence-corrected chi connectivity index (χ0v) is 11.9. The second-order valence-corrected chi connectivity index (χ2v) is 5.41. The molecule has 2 aromatic rings. The van der Waals surface area contributed by atoms with E-state index < -0.39 is 0 Å². The van der Waals surface area contributed by atoms with Gasteiger partial charge in [0.1, 0.15) is 5.82 Å². The van der Waals surface area contributed by atoms with Crippen LogP contribution in [-0.4, -0.2) is 12.5 Å². The van der Waals surface area contributed by atoms with Crippen molar-refractivity contribution >= 4 is 11.6 Å². The van der Waals surface area contributed by atoms with Crippen LogP contribution in [0.25, 0.3) is 0 Å². The smallest absolute Gasteiger partial charge is 0.227 e. The van der Waals surface area contributed by atoms with Crippen molar-refractivity contribution in [1.29, 1.82) is 0 Å². The molecule has 0 spiro atoms. The van der Waals surface area contributed by atoms with Crippen LogP contribution in [0.4, 0.5) is 10.1 Å². The Morgan fingerprint density at radius 1 is 1.14 bits per heavy atom. The Bertz CT molecular complexity index is 653. The van der Waals surface area contributed by atoms with Crippen LogP contribution in [0, 0.1) is 5.82 Å². The first-order chi connectivity index (χ1) is 10.2. The first kappa shape index (κ1) is 13.8. The fourth-order valence-corrected chi connectivity index (χ4v) is 2.87. The van der Waals surface area contributed by atoms with Crippen LogP contribution < -0.4 is 4.90 Å². The lowest BCUT2D eigenvalue weighted by molar-refractivity contribution is -0.118. The minimum absolute atomic E-state index is 0.117. The number of hydrogen-bond acceptors (Lipinski definition) is 1. The minimum Gasteiger partial charge on any atom is -0.312 e. The van der Waals surface area contributed by atoms with Gasteiger partial charge in [0, 0.05) is 18.7 Å². The van der Waals surface area contributed by atoms with E-state index in [-0.39, 0.29) is 11.7 Å². The molecule has 1 amide bonds. The Balaban J connectivity index is 1.69. The van der Waals surface area contributed by atoms with E-state index in [2.05, 4.69) is 6.07 Å². The van der Waals surface area contributed by atoms with Gasteiger partial charge in [0.15, 0.2) is 0 Å². The quantitative estimate of drug-likeness (QED) is 0.840. The Labute approximate surface area is 124 Å². The van der Waals surface area contributed by atoms with Gasteiger partial charge in [0.2, 0.25) is 5.91 Å². The number of rotatable bonds is 3. The van der Waals surface area contributed by atoms with E-state index in [4.69, 9.17) is 0 Å². The standard InChI is InChI=1S/C18H18FNO/c19-16-8-3-5-14(13-16)10-11-18(21)20-12-4-7-15-6-1-2-9-17(15)20/h1-3,5-6,8-9,13H,4,7,10-12H2. The van der Waals surface area contributed by atoms with E-state index in [1.807, 2.05) is 29.2 Å². The topological polar surface area (TPSA) is 20.3 Å². The molecule has 0 N–H and O–H groups in total. The van der Waals surface area contributed by atoms with Crippen LogP contribution in [0.15, 0.2) is 48.5 Å². The Hall–Kier alpha value is -2.16. The number of anilines is 1. The third kappa shape index (κ3) is 3.13. The molecule has 1 heterocycles. The SMILES string of the molecule is O=C(CCc1cccc(F)c1)N1CCCc2ccccc21. The largest absolute Gasteiger partial charge is 0.312 e. The second-order valence-electron chi connectivity index (χ2n) is 5.41. The highest BCUT2D eigenvalue weighted by molar-refractivity contribution is 5.94. The highest BCUT2D eigenvalue weighted by Gasteiger charge is 2.21. The Morgan fingerprint density at radius 3 is 2.86 bits per heavy atom. The maximum absolute atomic E-state index is 13.1. The van der Waals surface area contributed by atoms with Crippen molar-refractivity contribution in [3.8, 4) is 0 Å². The summed E-state index contributed by atoms with van der Waals surface area (Å²) in [5.41, 5.74) is 3.14. The zero-order valence-electron chi connectivity index (χ0n) is 11.9. The third-order valence-corrected chi connectivity index (χ3v) is 3.93. The maximum atomic E-state index is 13.1. The Kier molecular flexibility index (Phi) is 4.00. The van der Waals surface area contributed by atoms with Crippen molar-refractivity contribution in [3.63, 3.8) is 0 Å². The number of halogens is 1. The molecule has 1 aliphatic heterocycles. The lowest BCUT2D eigenvalue weighted by atomic mass is 10.0. The predicted molar refractivity (Wildman–Crippen MR) is 81.8 cm³/mol. The van der Waals surface area contributed by atoms with Crippen molar-refractivity contribution < 1.29 is 9.18 Å². The van der Waals surface area contributed by atoms with Gasteiger partial charge in [-0.15, -0.1) is 0 Å². The molecule has 0 saturated heterocycles. The second kappa shape index (κ2) is 6.08. The van der Waals surface area contributed by atoms with Crippen molar-refractivity contribution in [3.05, 3.63) is 65.5 Å². The van der Waals surface area contributed by atoms with Gasteiger partial charge in [0.05, 0.1) is 0 Å². The van der Waals surface area contributed by atoms with Crippen LogP contribution in [0.1, 0.15) is 24.0 Å². The normalized spacial score (nSPS) is 13.9. The summed E-state index contributed by atoms with van der Waals surface area (Å²) < 4.78 is 13.1. The molecule has 3 rings (SSSR count). The van der Waals surface area contributed by atoms with Gasteiger partial charge >= 0.3 is 0 Å². The van der Waals surface area contributed by atoms with Gasteiger partial charge in [-0.1, -0.05) is 30.3 Å². The molecule has 0 atom stereocenters. The van der Waals surface area contributed by atoms with Crippen LogP contribution in [0.5, 0.6) is 0 Å². The number of fused-ring (bicyclic) bond motifs is 1. The molecular formula is C18H18FNO. The molecule has 1 aliphatic rings.